The van der Waals surface area contributed by atoms with E-state index in [1.54, 1.807) is 32.9 Å². The summed E-state index contributed by atoms with van der Waals surface area (Å²) < 4.78 is 33.3. The molecule has 2 N–H and O–H groups in total. The molecule has 0 spiro atoms. The topological polar surface area (TPSA) is 59.6 Å². The van der Waals surface area contributed by atoms with Crippen molar-refractivity contribution in [1.82, 2.24) is 5.32 Å². The number of anilines is 1. The van der Waals surface area contributed by atoms with Gasteiger partial charge in [0.25, 0.3) is 0 Å². The number of amides is 1. The summed E-state index contributed by atoms with van der Waals surface area (Å²) in [6.07, 6.45) is 0.259. The maximum Gasteiger partial charge on any atom is 0.407 e. The van der Waals surface area contributed by atoms with Crippen molar-refractivity contribution in [3.05, 3.63) is 24.3 Å². The molecule has 1 rings (SSSR count). The first-order valence-corrected chi connectivity index (χ1v) is 7.02. The van der Waals surface area contributed by atoms with Crippen LogP contribution in [0.15, 0.2) is 24.3 Å². The number of alkyl carbamates (subject to hydrolysis) is 1. The fourth-order valence-electron chi connectivity index (χ4n) is 1.58. The average Bonchev–Trinajstić information content (AvgIpc) is 2.37. The first-order valence-electron chi connectivity index (χ1n) is 7.02. The highest BCUT2D eigenvalue weighted by molar-refractivity contribution is 5.67. The minimum atomic E-state index is -2.82. The number of nitrogens with one attached hydrogen (secondary N) is 2. The number of hydrogen-bond donors (Lipinski definition) is 2. The Kier molecular flexibility index (Phi) is 6.88. The lowest BCUT2D eigenvalue weighted by Gasteiger charge is -2.19. The quantitative estimate of drug-likeness (QED) is 0.754. The predicted molar refractivity (Wildman–Crippen MR) is 80.4 cm³/mol. The van der Waals surface area contributed by atoms with E-state index in [4.69, 9.17) is 4.74 Å². The molecular weight excluding hydrogens is 294 g/mol. The molecule has 0 aliphatic heterocycles. The zero-order valence-corrected chi connectivity index (χ0v) is 13.0. The van der Waals surface area contributed by atoms with Crippen LogP contribution in [0.5, 0.6) is 5.75 Å². The van der Waals surface area contributed by atoms with E-state index in [1.807, 2.05) is 0 Å². The molecule has 0 atom stereocenters. The van der Waals surface area contributed by atoms with E-state index in [-0.39, 0.29) is 5.75 Å². The van der Waals surface area contributed by atoms with Crippen LogP contribution >= 0.6 is 0 Å². The molecule has 124 valence electrons. The fourth-order valence-corrected chi connectivity index (χ4v) is 1.58. The van der Waals surface area contributed by atoms with E-state index in [1.165, 1.54) is 12.1 Å². The lowest BCUT2D eigenvalue weighted by atomic mass is 10.2. The van der Waals surface area contributed by atoms with Gasteiger partial charge in [-0.3, -0.25) is 0 Å². The molecule has 0 heterocycles. The van der Waals surface area contributed by atoms with Crippen molar-refractivity contribution >= 4 is 11.8 Å². The Labute approximate surface area is 129 Å². The molecule has 0 radical (unpaired) electrons. The van der Waals surface area contributed by atoms with Crippen molar-refractivity contribution in [3.8, 4) is 5.75 Å². The number of carbonyl (C=O) groups excluding carboxylic acids is 1. The van der Waals surface area contributed by atoms with Crippen LogP contribution in [0, 0.1) is 0 Å². The van der Waals surface area contributed by atoms with Gasteiger partial charge in [0.2, 0.25) is 0 Å². The predicted octanol–water partition coefficient (Wildman–Crippen LogP) is 3.61. The van der Waals surface area contributed by atoms with E-state index >= 15 is 0 Å². The third-order valence-corrected chi connectivity index (χ3v) is 2.43. The third kappa shape index (κ3) is 8.28. The van der Waals surface area contributed by atoms with Gasteiger partial charge in [-0.25, -0.2) is 4.79 Å². The number of carbonyl (C=O) groups is 1. The largest absolute Gasteiger partial charge is 0.444 e. The van der Waals surface area contributed by atoms with E-state index in [2.05, 4.69) is 15.4 Å². The molecule has 1 aromatic rings. The Balaban J connectivity index is 2.18. The van der Waals surface area contributed by atoms with Crippen LogP contribution in [0.25, 0.3) is 0 Å². The zero-order chi connectivity index (χ0) is 16.6. The molecule has 0 aliphatic rings. The second-order valence-electron chi connectivity index (χ2n) is 5.61. The van der Waals surface area contributed by atoms with Crippen LogP contribution in [0.3, 0.4) is 0 Å². The Hall–Kier alpha value is -2.05. The van der Waals surface area contributed by atoms with Crippen molar-refractivity contribution in [2.24, 2.45) is 0 Å². The average molecular weight is 316 g/mol. The van der Waals surface area contributed by atoms with Crippen LogP contribution in [0.2, 0.25) is 0 Å². The first-order chi connectivity index (χ1) is 10.3. The van der Waals surface area contributed by atoms with Gasteiger partial charge in [0, 0.05) is 18.8 Å². The maximum atomic E-state index is 12.0. The standard InChI is InChI=1S/C15H22F2N2O3/c1-15(2,3)22-14(20)19-10-4-9-18-11-5-7-12(8-6-11)21-13(16)17/h5-8,13,18H,4,9-10H2,1-3H3,(H,19,20). The van der Waals surface area contributed by atoms with E-state index < -0.39 is 18.3 Å². The molecule has 0 aromatic heterocycles. The summed E-state index contributed by atoms with van der Waals surface area (Å²) in [4.78, 5) is 11.4. The van der Waals surface area contributed by atoms with E-state index in [9.17, 15) is 13.6 Å². The Morgan fingerprint density at radius 1 is 1.18 bits per heavy atom. The molecule has 1 amide bonds. The molecule has 0 fully saturated rings. The smallest absolute Gasteiger partial charge is 0.407 e. The maximum absolute atomic E-state index is 12.0. The van der Waals surface area contributed by atoms with Gasteiger partial charge in [-0.05, 0) is 51.5 Å². The molecule has 7 heteroatoms. The minimum Gasteiger partial charge on any atom is -0.444 e. The van der Waals surface area contributed by atoms with Crippen LogP contribution in [0.1, 0.15) is 27.2 Å². The first kappa shape index (κ1) is 18.0. The molecule has 1 aromatic carbocycles. The fraction of sp³-hybridized carbons (Fsp3) is 0.533. The molecular formula is C15H22F2N2O3. The zero-order valence-electron chi connectivity index (χ0n) is 13.0. The van der Waals surface area contributed by atoms with Gasteiger partial charge in [-0.1, -0.05) is 0 Å². The van der Waals surface area contributed by atoms with Gasteiger partial charge in [-0.2, -0.15) is 8.78 Å². The minimum absolute atomic E-state index is 0.118. The normalized spacial score (nSPS) is 11.2. The van der Waals surface area contributed by atoms with Crippen LogP contribution < -0.4 is 15.4 Å². The molecule has 0 bridgehead atoms. The van der Waals surface area contributed by atoms with Gasteiger partial charge < -0.3 is 20.1 Å². The summed E-state index contributed by atoms with van der Waals surface area (Å²) >= 11 is 0. The van der Waals surface area contributed by atoms with Crippen molar-refractivity contribution in [2.75, 3.05) is 18.4 Å². The Bertz CT molecular complexity index is 459. The third-order valence-electron chi connectivity index (χ3n) is 2.43. The Morgan fingerprint density at radius 2 is 1.82 bits per heavy atom. The van der Waals surface area contributed by atoms with Gasteiger partial charge in [0.1, 0.15) is 11.4 Å². The van der Waals surface area contributed by atoms with Crippen LogP contribution in [0.4, 0.5) is 19.3 Å². The summed E-state index contributed by atoms with van der Waals surface area (Å²) in [6, 6.07) is 6.24. The summed E-state index contributed by atoms with van der Waals surface area (Å²) in [5, 5.41) is 5.76. The van der Waals surface area contributed by atoms with Gasteiger partial charge in [-0.15, -0.1) is 0 Å². The second kappa shape index (κ2) is 8.41. The lowest BCUT2D eigenvalue weighted by molar-refractivity contribution is -0.0498. The molecule has 0 unspecified atom stereocenters. The van der Waals surface area contributed by atoms with E-state index in [0.29, 0.717) is 19.5 Å². The molecule has 0 aliphatic carbocycles. The highest BCUT2D eigenvalue weighted by Gasteiger charge is 2.15. The van der Waals surface area contributed by atoms with Gasteiger partial charge in [0.05, 0.1) is 0 Å². The van der Waals surface area contributed by atoms with Gasteiger partial charge in [0.15, 0.2) is 0 Å². The number of alkyl halides is 2. The molecule has 22 heavy (non-hydrogen) atoms. The van der Waals surface area contributed by atoms with Gasteiger partial charge >= 0.3 is 12.7 Å². The number of rotatable bonds is 7. The van der Waals surface area contributed by atoms with Crippen molar-refractivity contribution < 1.29 is 23.0 Å². The molecule has 0 saturated heterocycles. The monoisotopic (exact) mass is 316 g/mol. The summed E-state index contributed by atoms with van der Waals surface area (Å²) in [5.74, 6) is 0.118. The molecule has 5 nitrogen and oxygen atoms in total. The summed E-state index contributed by atoms with van der Waals surface area (Å²) in [7, 11) is 0. The number of benzene rings is 1. The summed E-state index contributed by atoms with van der Waals surface area (Å²) in [6.45, 7) is 3.69. The highest BCUT2D eigenvalue weighted by atomic mass is 19.3. The Morgan fingerprint density at radius 3 is 2.36 bits per heavy atom. The van der Waals surface area contributed by atoms with E-state index in [0.717, 1.165) is 5.69 Å². The van der Waals surface area contributed by atoms with Crippen LogP contribution in [-0.2, 0) is 4.74 Å². The van der Waals surface area contributed by atoms with Crippen molar-refractivity contribution in [2.45, 2.75) is 39.4 Å². The highest BCUT2D eigenvalue weighted by Crippen LogP contribution is 2.17. The number of halogens is 2. The molecule has 0 saturated carbocycles. The van der Waals surface area contributed by atoms with Crippen molar-refractivity contribution in [1.29, 1.82) is 0 Å². The number of hydrogen-bond acceptors (Lipinski definition) is 4. The second-order valence-corrected chi connectivity index (χ2v) is 5.61. The number of ether oxygens (including phenoxy) is 2. The van der Waals surface area contributed by atoms with Crippen molar-refractivity contribution in [3.63, 3.8) is 0 Å². The van der Waals surface area contributed by atoms with Crippen LogP contribution in [-0.4, -0.2) is 31.4 Å². The summed E-state index contributed by atoms with van der Waals surface area (Å²) in [5.41, 5.74) is 0.281. The lowest BCUT2D eigenvalue weighted by Crippen LogP contribution is -2.33. The SMILES string of the molecule is CC(C)(C)OC(=O)NCCCNc1ccc(OC(F)F)cc1.